The van der Waals surface area contributed by atoms with Crippen LogP contribution >= 0.6 is 0 Å². The Labute approximate surface area is 73.8 Å². The number of nitrogens with zero attached hydrogens (tertiary/aromatic N) is 1. The van der Waals surface area contributed by atoms with Crippen LogP contribution in [0.5, 0.6) is 0 Å². The molecule has 0 atom stereocenters. The molecule has 0 spiro atoms. The molecule has 0 aliphatic carbocycles. The summed E-state index contributed by atoms with van der Waals surface area (Å²) in [4.78, 5) is 4.15. The lowest BCUT2D eigenvalue weighted by molar-refractivity contribution is 0.538. The summed E-state index contributed by atoms with van der Waals surface area (Å²) in [7, 11) is 0. The molecule has 66 valence electrons. The third kappa shape index (κ3) is 1.83. The van der Waals surface area contributed by atoms with E-state index in [1.54, 1.807) is 0 Å². The van der Waals surface area contributed by atoms with Crippen LogP contribution in [0.25, 0.3) is 0 Å². The molecule has 2 N–H and O–H groups in total. The average Bonchev–Trinajstić information content (AvgIpc) is 2.05. The molecule has 0 amide bonds. The quantitative estimate of drug-likeness (QED) is 0.721. The van der Waals surface area contributed by atoms with E-state index >= 15 is 0 Å². The van der Waals surface area contributed by atoms with Crippen LogP contribution in [0.1, 0.15) is 25.1 Å². The number of nitrogens with two attached hydrogens (primary N) is 1. The number of aryl methyl sites for hydroxylation is 1. The van der Waals surface area contributed by atoms with E-state index in [0.717, 1.165) is 5.69 Å². The van der Waals surface area contributed by atoms with Gasteiger partial charge >= 0.3 is 0 Å². The normalized spacial score (nSPS) is 11.7. The van der Waals surface area contributed by atoms with Gasteiger partial charge in [-0.3, -0.25) is 4.98 Å². The van der Waals surface area contributed by atoms with E-state index in [0.29, 0.717) is 6.54 Å². The lowest BCUT2D eigenvalue weighted by Crippen LogP contribution is -2.28. The van der Waals surface area contributed by atoms with Crippen molar-refractivity contribution >= 4 is 0 Å². The number of rotatable bonds is 2. The van der Waals surface area contributed by atoms with E-state index in [9.17, 15) is 0 Å². The van der Waals surface area contributed by atoms with Crippen LogP contribution < -0.4 is 5.73 Å². The van der Waals surface area contributed by atoms with E-state index in [1.165, 1.54) is 5.56 Å². The molecule has 12 heavy (non-hydrogen) atoms. The molecule has 2 heteroatoms. The summed E-state index contributed by atoms with van der Waals surface area (Å²) < 4.78 is 0. The summed E-state index contributed by atoms with van der Waals surface area (Å²) in [6.07, 6.45) is 1.84. The minimum Gasteiger partial charge on any atom is -0.330 e. The summed E-state index contributed by atoms with van der Waals surface area (Å²) in [5, 5.41) is 0. The van der Waals surface area contributed by atoms with Gasteiger partial charge in [-0.1, -0.05) is 13.8 Å². The van der Waals surface area contributed by atoms with Crippen molar-refractivity contribution in [2.75, 3.05) is 6.54 Å². The fourth-order valence-corrected chi connectivity index (χ4v) is 1.08. The van der Waals surface area contributed by atoms with Gasteiger partial charge in [0.15, 0.2) is 0 Å². The predicted octanol–water partition coefficient (Wildman–Crippen LogP) is 1.63. The van der Waals surface area contributed by atoms with Gasteiger partial charge in [0.25, 0.3) is 0 Å². The Morgan fingerprint density at radius 2 is 2.17 bits per heavy atom. The van der Waals surface area contributed by atoms with Gasteiger partial charge in [-0.15, -0.1) is 0 Å². The summed E-state index contributed by atoms with van der Waals surface area (Å²) in [5.74, 6) is 0. The van der Waals surface area contributed by atoms with Crippen LogP contribution in [0, 0.1) is 6.92 Å². The first kappa shape index (κ1) is 9.20. The number of pyridine rings is 1. The maximum Gasteiger partial charge on any atom is 0.0375 e. The zero-order valence-electron chi connectivity index (χ0n) is 7.96. The lowest BCUT2D eigenvalue weighted by Gasteiger charge is -2.22. The molecule has 0 bridgehead atoms. The molecule has 0 radical (unpaired) electrons. The molecular formula is C10H16N2. The monoisotopic (exact) mass is 164 g/mol. The van der Waals surface area contributed by atoms with Crippen LogP contribution in [0.4, 0.5) is 0 Å². The van der Waals surface area contributed by atoms with Crippen molar-refractivity contribution in [2.45, 2.75) is 26.2 Å². The molecule has 1 rings (SSSR count). The van der Waals surface area contributed by atoms with E-state index < -0.39 is 0 Å². The van der Waals surface area contributed by atoms with Crippen molar-refractivity contribution < 1.29 is 0 Å². The Hall–Kier alpha value is -0.890. The highest BCUT2D eigenvalue weighted by atomic mass is 14.7. The van der Waals surface area contributed by atoms with Gasteiger partial charge < -0.3 is 5.73 Å². The largest absolute Gasteiger partial charge is 0.330 e. The summed E-state index contributed by atoms with van der Waals surface area (Å²) >= 11 is 0. The fraction of sp³-hybridized carbons (Fsp3) is 0.500. The number of aromatic nitrogens is 1. The van der Waals surface area contributed by atoms with Gasteiger partial charge in [0.05, 0.1) is 0 Å². The van der Waals surface area contributed by atoms with Crippen molar-refractivity contribution in [1.82, 2.24) is 4.98 Å². The third-order valence-corrected chi connectivity index (χ3v) is 2.19. The second kappa shape index (κ2) is 3.23. The average molecular weight is 164 g/mol. The molecule has 2 nitrogen and oxygen atoms in total. The molecule has 0 saturated heterocycles. The Bertz CT molecular complexity index is 266. The van der Waals surface area contributed by atoms with Gasteiger partial charge in [-0.25, -0.2) is 0 Å². The summed E-state index contributed by atoms with van der Waals surface area (Å²) in [6.45, 7) is 6.94. The van der Waals surface area contributed by atoms with Crippen molar-refractivity contribution in [3.05, 3.63) is 29.6 Å². The standard InChI is InChI=1S/C10H16N2/c1-8-6-9(4-5-12-8)10(2,3)7-11/h4-6H,7,11H2,1-3H3. The van der Waals surface area contributed by atoms with E-state index in [2.05, 4.69) is 24.9 Å². The lowest BCUT2D eigenvalue weighted by atomic mass is 9.85. The minimum atomic E-state index is 0.0632. The molecule has 0 aliphatic heterocycles. The zero-order valence-corrected chi connectivity index (χ0v) is 7.96. The van der Waals surface area contributed by atoms with Crippen molar-refractivity contribution in [3.8, 4) is 0 Å². The van der Waals surface area contributed by atoms with Gasteiger partial charge in [0, 0.05) is 23.9 Å². The number of hydrogen-bond donors (Lipinski definition) is 1. The molecule has 1 aromatic rings. The molecule has 1 heterocycles. The van der Waals surface area contributed by atoms with Crippen molar-refractivity contribution in [1.29, 1.82) is 0 Å². The first-order valence-electron chi connectivity index (χ1n) is 4.19. The van der Waals surface area contributed by atoms with Crippen LogP contribution in [0.2, 0.25) is 0 Å². The number of hydrogen-bond acceptors (Lipinski definition) is 2. The van der Waals surface area contributed by atoms with E-state index in [-0.39, 0.29) is 5.41 Å². The first-order chi connectivity index (χ1) is 5.56. The van der Waals surface area contributed by atoms with Crippen LogP contribution in [-0.2, 0) is 5.41 Å². The van der Waals surface area contributed by atoms with Gasteiger partial charge in [-0.05, 0) is 24.6 Å². The highest BCUT2D eigenvalue weighted by molar-refractivity contribution is 5.24. The Balaban J connectivity index is 3.03. The van der Waals surface area contributed by atoms with Crippen molar-refractivity contribution in [2.24, 2.45) is 5.73 Å². The van der Waals surface area contributed by atoms with Crippen molar-refractivity contribution in [3.63, 3.8) is 0 Å². The van der Waals surface area contributed by atoms with Gasteiger partial charge in [0.1, 0.15) is 0 Å². The topological polar surface area (TPSA) is 38.9 Å². The zero-order chi connectivity index (χ0) is 9.19. The van der Waals surface area contributed by atoms with Gasteiger partial charge in [0.2, 0.25) is 0 Å². The Morgan fingerprint density at radius 1 is 1.50 bits per heavy atom. The highest BCUT2D eigenvalue weighted by Gasteiger charge is 2.17. The smallest absolute Gasteiger partial charge is 0.0375 e. The summed E-state index contributed by atoms with van der Waals surface area (Å²) in [6, 6.07) is 4.12. The molecule has 0 saturated carbocycles. The predicted molar refractivity (Wildman–Crippen MR) is 51.1 cm³/mol. The maximum atomic E-state index is 5.67. The molecule has 0 fully saturated rings. The van der Waals surface area contributed by atoms with Crippen LogP contribution in [0.3, 0.4) is 0 Å². The molecular weight excluding hydrogens is 148 g/mol. The van der Waals surface area contributed by atoms with Crippen LogP contribution in [0.15, 0.2) is 18.3 Å². The molecule has 0 aliphatic rings. The summed E-state index contributed by atoms with van der Waals surface area (Å²) in [5.41, 5.74) is 8.04. The SMILES string of the molecule is Cc1cc(C(C)(C)CN)ccn1. The molecule has 1 aromatic heterocycles. The van der Waals surface area contributed by atoms with E-state index in [1.807, 2.05) is 19.2 Å². The third-order valence-electron chi connectivity index (χ3n) is 2.19. The Kier molecular flexibility index (Phi) is 2.48. The Morgan fingerprint density at radius 3 is 2.67 bits per heavy atom. The molecule has 0 unspecified atom stereocenters. The molecule has 0 aromatic carbocycles. The maximum absolute atomic E-state index is 5.67. The highest BCUT2D eigenvalue weighted by Crippen LogP contribution is 2.21. The first-order valence-corrected chi connectivity index (χ1v) is 4.19. The van der Waals surface area contributed by atoms with Crippen LogP contribution in [-0.4, -0.2) is 11.5 Å². The second-order valence-corrected chi connectivity index (χ2v) is 3.77. The van der Waals surface area contributed by atoms with E-state index in [4.69, 9.17) is 5.73 Å². The van der Waals surface area contributed by atoms with Gasteiger partial charge in [-0.2, -0.15) is 0 Å². The second-order valence-electron chi connectivity index (χ2n) is 3.77. The fourth-order valence-electron chi connectivity index (χ4n) is 1.08. The minimum absolute atomic E-state index is 0.0632.